The first kappa shape index (κ1) is 9.31. The standard InChI is InChI=1S/C8H11N3O2/c9-8(10)11-6-3-1-5(2-4-6)7(12)13/h1-3,6H,4H2,(H,12,13)(H4,9,10,11). The number of rotatable bonds is 2. The van der Waals surface area contributed by atoms with Gasteiger partial charge in [-0.1, -0.05) is 12.2 Å². The van der Waals surface area contributed by atoms with Crippen LogP contribution in [0.25, 0.3) is 0 Å². The molecule has 70 valence electrons. The normalized spacial score (nSPS) is 20.6. The van der Waals surface area contributed by atoms with E-state index in [0.717, 1.165) is 0 Å². The SMILES string of the molecule is N=C(N)NC1C=CC(C(=O)O)=CC1. The topological polar surface area (TPSA) is 99.2 Å². The number of guanidine groups is 1. The molecule has 0 aliphatic heterocycles. The largest absolute Gasteiger partial charge is 0.478 e. The van der Waals surface area contributed by atoms with Gasteiger partial charge in [0.1, 0.15) is 0 Å². The number of nitrogens with one attached hydrogen (secondary N) is 2. The summed E-state index contributed by atoms with van der Waals surface area (Å²) in [5.41, 5.74) is 5.40. The van der Waals surface area contributed by atoms with Crippen LogP contribution in [0.1, 0.15) is 6.42 Å². The molecule has 1 rings (SSSR count). The summed E-state index contributed by atoms with van der Waals surface area (Å²) >= 11 is 0. The molecule has 0 saturated heterocycles. The van der Waals surface area contributed by atoms with E-state index in [4.69, 9.17) is 16.2 Å². The molecule has 5 N–H and O–H groups in total. The van der Waals surface area contributed by atoms with E-state index in [2.05, 4.69) is 5.32 Å². The molecule has 5 nitrogen and oxygen atoms in total. The molecule has 0 heterocycles. The highest BCUT2D eigenvalue weighted by molar-refractivity contribution is 5.90. The predicted octanol–water partition coefficient (Wildman–Crippen LogP) is -0.191. The van der Waals surface area contributed by atoms with Crippen LogP contribution in [-0.4, -0.2) is 23.1 Å². The van der Waals surface area contributed by atoms with Gasteiger partial charge in [-0.15, -0.1) is 0 Å². The fourth-order valence-corrected chi connectivity index (χ4v) is 1.09. The summed E-state index contributed by atoms with van der Waals surface area (Å²) in [5, 5.41) is 18.2. The summed E-state index contributed by atoms with van der Waals surface area (Å²) < 4.78 is 0. The van der Waals surface area contributed by atoms with Gasteiger partial charge in [0.15, 0.2) is 5.96 Å². The van der Waals surface area contributed by atoms with Gasteiger partial charge in [-0.25, -0.2) is 4.79 Å². The Labute approximate surface area is 75.4 Å². The Balaban J connectivity index is 2.53. The number of carboxylic acid groups (broad SMARTS) is 1. The minimum Gasteiger partial charge on any atom is -0.478 e. The molecule has 5 heteroatoms. The molecule has 0 aromatic rings. The number of nitrogens with two attached hydrogens (primary N) is 1. The summed E-state index contributed by atoms with van der Waals surface area (Å²) in [5.74, 6) is -1.04. The molecule has 0 aromatic carbocycles. The average Bonchev–Trinajstić information content (AvgIpc) is 2.04. The Morgan fingerprint density at radius 3 is 2.85 bits per heavy atom. The summed E-state index contributed by atoms with van der Waals surface area (Å²) in [6, 6.07) is -0.0689. The van der Waals surface area contributed by atoms with E-state index in [1.54, 1.807) is 12.2 Å². The summed E-state index contributed by atoms with van der Waals surface area (Å²) in [4.78, 5) is 10.5. The quantitative estimate of drug-likeness (QED) is 0.350. The van der Waals surface area contributed by atoms with Gasteiger partial charge in [0.05, 0.1) is 11.6 Å². The Hall–Kier alpha value is -1.78. The second kappa shape index (κ2) is 3.75. The summed E-state index contributed by atoms with van der Waals surface area (Å²) in [6.07, 6.45) is 5.33. The van der Waals surface area contributed by atoms with Crippen molar-refractivity contribution >= 4 is 11.9 Å². The van der Waals surface area contributed by atoms with Gasteiger partial charge in [0.25, 0.3) is 0 Å². The first-order valence-corrected chi connectivity index (χ1v) is 3.82. The molecule has 0 bridgehead atoms. The highest BCUT2D eigenvalue weighted by Crippen LogP contribution is 2.10. The Morgan fingerprint density at radius 1 is 1.77 bits per heavy atom. The maximum absolute atomic E-state index is 10.5. The lowest BCUT2D eigenvalue weighted by molar-refractivity contribution is -0.132. The fraction of sp³-hybridized carbons (Fsp3) is 0.250. The lowest BCUT2D eigenvalue weighted by Crippen LogP contribution is -2.38. The third-order valence-electron chi connectivity index (χ3n) is 1.69. The van der Waals surface area contributed by atoms with E-state index >= 15 is 0 Å². The van der Waals surface area contributed by atoms with Crippen LogP contribution in [0, 0.1) is 5.41 Å². The lowest BCUT2D eigenvalue weighted by atomic mass is 10.0. The van der Waals surface area contributed by atoms with Crippen LogP contribution in [0.3, 0.4) is 0 Å². The van der Waals surface area contributed by atoms with E-state index in [-0.39, 0.29) is 17.6 Å². The number of carboxylic acids is 1. The van der Waals surface area contributed by atoms with Crippen LogP contribution in [0.5, 0.6) is 0 Å². The maximum Gasteiger partial charge on any atom is 0.335 e. The van der Waals surface area contributed by atoms with E-state index in [1.807, 2.05) is 0 Å². The van der Waals surface area contributed by atoms with Crippen molar-refractivity contribution in [2.45, 2.75) is 12.5 Å². The maximum atomic E-state index is 10.5. The Morgan fingerprint density at radius 2 is 2.46 bits per heavy atom. The van der Waals surface area contributed by atoms with E-state index < -0.39 is 5.97 Å². The molecular formula is C8H11N3O2. The van der Waals surface area contributed by atoms with Gasteiger partial charge >= 0.3 is 5.97 Å². The second-order valence-corrected chi connectivity index (χ2v) is 2.72. The van der Waals surface area contributed by atoms with Crippen molar-refractivity contribution in [3.8, 4) is 0 Å². The summed E-state index contributed by atoms with van der Waals surface area (Å²) in [7, 11) is 0. The van der Waals surface area contributed by atoms with Crippen molar-refractivity contribution in [3.63, 3.8) is 0 Å². The highest BCUT2D eigenvalue weighted by Gasteiger charge is 2.11. The molecule has 0 radical (unpaired) electrons. The summed E-state index contributed by atoms with van der Waals surface area (Å²) in [6.45, 7) is 0. The zero-order chi connectivity index (χ0) is 9.84. The minimum atomic E-state index is -0.933. The Kier molecular flexibility index (Phi) is 2.69. The molecule has 13 heavy (non-hydrogen) atoms. The van der Waals surface area contributed by atoms with Crippen molar-refractivity contribution in [2.24, 2.45) is 5.73 Å². The first-order valence-electron chi connectivity index (χ1n) is 3.82. The lowest BCUT2D eigenvalue weighted by Gasteiger charge is -2.15. The predicted molar refractivity (Wildman–Crippen MR) is 48.3 cm³/mol. The molecule has 0 fully saturated rings. The zero-order valence-electron chi connectivity index (χ0n) is 6.95. The van der Waals surface area contributed by atoms with Gasteiger partial charge < -0.3 is 16.2 Å². The first-order chi connectivity index (χ1) is 6.09. The van der Waals surface area contributed by atoms with Crippen LogP contribution in [0.15, 0.2) is 23.8 Å². The van der Waals surface area contributed by atoms with Gasteiger partial charge in [-0.05, 0) is 12.5 Å². The number of hydrogen-bond donors (Lipinski definition) is 4. The fourth-order valence-electron chi connectivity index (χ4n) is 1.09. The van der Waals surface area contributed by atoms with Gasteiger partial charge in [-0.2, -0.15) is 0 Å². The van der Waals surface area contributed by atoms with E-state index in [9.17, 15) is 4.79 Å². The van der Waals surface area contributed by atoms with Gasteiger partial charge in [0.2, 0.25) is 0 Å². The van der Waals surface area contributed by atoms with Crippen molar-refractivity contribution in [1.29, 1.82) is 5.41 Å². The second-order valence-electron chi connectivity index (χ2n) is 2.72. The zero-order valence-corrected chi connectivity index (χ0v) is 6.95. The molecule has 0 saturated carbocycles. The van der Waals surface area contributed by atoms with E-state index in [1.165, 1.54) is 6.08 Å². The van der Waals surface area contributed by atoms with Crippen LogP contribution in [0.2, 0.25) is 0 Å². The Bertz CT molecular complexity index is 294. The van der Waals surface area contributed by atoms with Crippen molar-refractivity contribution in [2.75, 3.05) is 0 Å². The molecule has 0 spiro atoms. The van der Waals surface area contributed by atoms with Gasteiger partial charge in [0, 0.05) is 0 Å². The molecule has 1 aliphatic rings. The van der Waals surface area contributed by atoms with Crippen molar-refractivity contribution in [3.05, 3.63) is 23.8 Å². The number of hydrogen-bond acceptors (Lipinski definition) is 2. The number of carbonyl (C=O) groups is 1. The third kappa shape index (κ3) is 2.62. The van der Waals surface area contributed by atoms with Crippen molar-refractivity contribution in [1.82, 2.24) is 5.32 Å². The van der Waals surface area contributed by atoms with Crippen LogP contribution < -0.4 is 11.1 Å². The van der Waals surface area contributed by atoms with Crippen LogP contribution in [0.4, 0.5) is 0 Å². The number of aliphatic carboxylic acids is 1. The van der Waals surface area contributed by atoms with Crippen LogP contribution >= 0.6 is 0 Å². The van der Waals surface area contributed by atoms with Crippen molar-refractivity contribution < 1.29 is 9.90 Å². The molecule has 1 aliphatic carbocycles. The minimum absolute atomic E-state index is 0.0689. The van der Waals surface area contributed by atoms with Gasteiger partial charge in [-0.3, -0.25) is 5.41 Å². The smallest absolute Gasteiger partial charge is 0.335 e. The van der Waals surface area contributed by atoms with Crippen LogP contribution in [-0.2, 0) is 4.79 Å². The highest BCUT2D eigenvalue weighted by atomic mass is 16.4. The molecular weight excluding hydrogens is 170 g/mol. The third-order valence-corrected chi connectivity index (χ3v) is 1.69. The molecule has 1 atom stereocenters. The monoisotopic (exact) mass is 181 g/mol. The molecule has 0 aromatic heterocycles. The molecule has 0 amide bonds. The van der Waals surface area contributed by atoms with E-state index in [0.29, 0.717) is 6.42 Å². The molecule has 1 unspecified atom stereocenters. The average molecular weight is 181 g/mol.